The number of phosphoric acid groups is 2. The number of carbonyl (C=O) groups excluding carboxylic acids is 1. The molecular formula is C56H99N8O15P2+. The summed E-state index contributed by atoms with van der Waals surface area (Å²) in [6.45, 7) is 4.09. The van der Waals surface area contributed by atoms with Gasteiger partial charge in [0, 0.05) is 37.4 Å². The van der Waals surface area contributed by atoms with E-state index in [2.05, 4.69) is 39.2 Å². The number of anilines is 1. The van der Waals surface area contributed by atoms with Crippen LogP contribution >= 0.6 is 15.6 Å². The van der Waals surface area contributed by atoms with Gasteiger partial charge in [-0.2, -0.15) is 4.98 Å². The highest BCUT2D eigenvalue weighted by Crippen LogP contribution is 2.47. The minimum Gasteiger partial charge on any atom is -0.373 e. The highest BCUT2D eigenvalue weighted by molar-refractivity contribution is 7.47. The normalized spacial score (nSPS) is 20.0. The van der Waals surface area contributed by atoms with Crippen molar-refractivity contribution in [3.8, 4) is 0 Å². The molecule has 462 valence electrons. The van der Waals surface area contributed by atoms with Gasteiger partial charge in [-0.3, -0.25) is 41.8 Å². The second-order valence-electron chi connectivity index (χ2n) is 21.9. The third-order valence-electron chi connectivity index (χ3n) is 14.9. The molecule has 0 radical (unpaired) electrons. The Bertz CT molecular complexity index is 2400. The molecule has 4 rings (SSSR count). The lowest BCUT2D eigenvalue weighted by atomic mass is 10.0. The third kappa shape index (κ3) is 29.7. The smallest absolute Gasteiger partial charge is 0.373 e. The van der Waals surface area contributed by atoms with Crippen molar-refractivity contribution in [2.75, 3.05) is 38.4 Å². The zero-order chi connectivity index (χ0) is 58.6. The molecule has 2 fully saturated rings. The predicted molar refractivity (Wildman–Crippen MR) is 309 cm³/mol. The number of amides is 1. The highest BCUT2D eigenvalue weighted by Gasteiger charge is 2.42. The first-order valence-electron chi connectivity index (χ1n) is 30.6. The van der Waals surface area contributed by atoms with Crippen LogP contribution in [0.4, 0.5) is 5.82 Å². The largest absolute Gasteiger partial charge is 0.472 e. The van der Waals surface area contributed by atoms with Crippen molar-refractivity contribution in [3.05, 3.63) is 55.3 Å². The Morgan fingerprint density at radius 3 is 1.75 bits per heavy atom. The Morgan fingerprint density at radius 2 is 1.23 bits per heavy atom. The van der Waals surface area contributed by atoms with Crippen LogP contribution in [0.25, 0.3) is 0 Å². The van der Waals surface area contributed by atoms with Gasteiger partial charge in [-0.15, -0.1) is 0 Å². The number of H-pyrrole nitrogens is 1. The fourth-order valence-electron chi connectivity index (χ4n) is 10.1. The van der Waals surface area contributed by atoms with Gasteiger partial charge in [-0.1, -0.05) is 187 Å². The van der Waals surface area contributed by atoms with E-state index in [9.17, 15) is 38.1 Å². The maximum atomic E-state index is 13.2. The molecule has 81 heavy (non-hydrogen) atoms. The molecule has 2 aromatic heterocycles. The number of hydrogen-bond acceptors (Lipinski definition) is 16. The van der Waals surface area contributed by atoms with E-state index in [1.807, 2.05) is 0 Å². The first-order chi connectivity index (χ1) is 39.1. The number of unbranched alkanes of at least 4 members (excludes halogenated alkanes) is 27. The molecule has 8 atom stereocenters. The monoisotopic (exact) mass is 1190 g/mol. The second kappa shape index (κ2) is 40.7. The number of nitrogens with one attached hydrogen (secondary N) is 3. The minimum absolute atomic E-state index is 0.0364. The van der Waals surface area contributed by atoms with E-state index in [0.29, 0.717) is 25.7 Å². The standard InChI is InChI=1S/C56H98N8O15P2/c1-4-6-8-10-12-14-16-18-19-20-22-24-26-28-30-32-38-73-47(43-76-81(71,72)77-44-49-48(61-62-57)39-53(79-49)64-40-45(3)54(66)60-56(64)68)42-75-80(69,70)74-41-46-34-35-52(78-46)63-37-36-50(59-55(63)67)58-51(65)33-31-29-27-25-23-21-17-15-13-11-9-7-5-2/h36-37,40,46-49,52-53,57H,4-35,38-39,41-44H2,1-3H3,(H3-,58,59,60,65,66,67,68,69,70,71,72)/p+1. The molecular weight excluding hydrogens is 1090 g/mol. The van der Waals surface area contributed by atoms with Crippen LogP contribution < -0.4 is 27.2 Å². The van der Waals surface area contributed by atoms with Crippen LogP contribution in [0.2, 0.25) is 0 Å². The van der Waals surface area contributed by atoms with Crippen molar-refractivity contribution in [1.29, 1.82) is 5.53 Å². The molecule has 1 amide bonds. The van der Waals surface area contributed by atoms with Crippen molar-refractivity contribution in [1.82, 2.24) is 24.0 Å². The number of carbonyl (C=O) groups is 1. The Balaban J connectivity index is 1.19. The first kappa shape index (κ1) is 69.9. The van der Waals surface area contributed by atoms with Gasteiger partial charge in [0.15, 0.2) is 6.04 Å². The van der Waals surface area contributed by atoms with Crippen LogP contribution in [-0.4, -0.2) is 92.2 Å². The van der Waals surface area contributed by atoms with E-state index < -0.39 is 89.2 Å². The first-order valence-corrected chi connectivity index (χ1v) is 33.6. The molecule has 0 bridgehead atoms. The lowest BCUT2D eigenvalue weighted by Crippen LogP contribution is -2.33. The van der Waals surface area contributed by atoms with Crippen LogP contribution in [0.5, 0.6) is 0 Å². The molecule has 0 saturated carbocycles. The van der Waals surface area contributed by atoms with Gasteiger partial charge >= 0.3 is 27.0 Å². The van der Waals surface area contributed by atoms with E-state index in [-0.39, 0.29) is 36.9 Å². The number of ether oxygens (including phenoxy) is 3. The SMILES string of the molecule is CCCCCCCCCCCCCCCCCCOC(COP(=O)(O)OCC1CCC(n2ccc(NC(=O)CCCCCCCCCCCCCCC)nc2=O)O1)COP(=O)(O)OCC1OC(n2cc(C)c(=O)[nH]c2=O)CC1N=[N+]=N. The Labute approximate surface area is 479 Å². The molecule has 2 aliphatic heterocycles. The number of aromatic nitrogens is 4. The van der Waals surface area contributed by atoms with Crippen molar-refractivity contribution < 1.29 is 56.0 Å². The van der Waals surface area contributed by atoms with Gasteiger partial charge in [0.1, 0.15) is 41.1 Å². The zero-order valence-electron chi connectivity index (χ0n) is 48.9. The molecule has 23 nitrogen and oxygen atoms in total. The lowest BCUT2D eigenvalue weighted by molar-refractivity contribution is -0.116. The summed E-state index contributed by atoms with van der Waals surface area (Å²) in [5.74, 6) is -0.0597. The van der Waals surface area contributed by atoms with Crippen molar-refractivity contribution in [2.24, 2.45) is 5.11 Å². The summed E-state index contributed by atoms with van der Waals surface area (Å²) in [7, 11) is -9.63. The molecule has 5 N–H and O–H groups in total. The minimum atomic E-state index is -4.86. The molecule has 25 heteroatoms. The average molecular weight is 1190 g/mol. The highest BCUT2D eigenvalue weighted by atomic mass is 31.2. The molecule has 2 aromatic rings. The fourth-order valence-corrected chi connectivity index (χ4v) is 11.6. The van der Waals surface area contributed by atoms with E-state index in [1.165, 1.54) is 165 Å². The summed E-state index contributed by atoms with van der Waals surface area (Å²) in [6.07, 6.45) is 34.2. The van der Waals surface area contributed by atoms with Gasteiger partial charge < -0.3 is 29.3 Å². The van der Waals surface area contributed by atoms with Crippen LogP contribution in [0.3, 0.4) is 0 Å². The Kier molecular flexibility index (Phi) is 35.1. The lowest BCUT2D eigenvalue weighted by Gasteiger charge is -2.22. The predicted octanol–water partition coefficient (Wildman–Crippen LogP) is 12.3. The van der Waals surface area contributed by atoms with Gasteiger partial charge in [0.2, 0.25) is 10.8 Å². The van der Waals surface area contributed by atoms with E-state index in [1.54, 1.807) is 0 Å². The van der Waals surface area contributed by atoms with Gasteiger partial charge in [-0.25, -0.2) is 18.7 Å². The number of rotatable bonds is 48. The zero-order valence-corrected chi connectivity index (χ0v) is 50.7. The summed E-state index contributed by atoms with van der Waals surface area (Å²) in [4.78, 5) is 80.9. The molecule has 4 heterocycles. The maximum absolute atomic E-state index is 13.2. The molecule has 0 aliphatic carbocycles. The van der Waals surface area contributed by atoms with Crippen LogP contribution in [0.1, 0.15) is 244 Å². The molecule has 2 aliphatic rings. The van der Waals surface area contributed by atoms with Crippen molar-refractivity contribution in [2.45, 2.75) is 269 Å². The topological polar surface area (TPSA) is 308 Å². The summed E-state index contributed by atoms with van der Waals surface area (Å²) >= 11 is 0. The van der Waals surface area contributed by atoms with Crippen LogP contribution in [-0.2, 0) is 46.2 Å². The number of hydrogen-bond donors (Lipinski definition) is 5. The number of phosphoric ester groups is 2. The summed E-state index contributed by atoms with van der Waals surface area (Å²) in [5.41, 5.74) is 5.56. The van der Waals surface area contributed by atoms with E-state index in [4.69, 9.17) is 37.8 Å². The Morgan fingerprint density at radius 1 is 0.728 bits per heavy atom. The van der Waals surface area contributed by atoms with Gasteiger partial charge in [0.05, 0.1) is 32.5 Å². The summed E-state index contributed by atoms with van der Waals surface area (Å²) in [5, 5.41) is 6.53. The molecule has 2 saturated heterocycles. The number of aryl methyl sites for hydroxylation is 1. The van der Waals surface area contributed by atoms with Gasteiger partial charge in [0.25, 0.3) is 5.56 Å². The van der Waals surface area contributed by atoms with Crippen LogP contribution in [0, 0.1) is 12.5 Å². The average Bonchev–Trinajstić information content (AvgIpc) is 4.18. The molecule has 0 spiro atoms. The Hall–Kier alpha value is -3.56. The number of aromatic amines is 1. The molecule has 0 aromatic carbocycles. The quantitative estimate of drug-likeness (QED) is 0.0178. The van der Waals surface area contributed by atoms with Gasteiger partial charge in [-0.05, 0) is 38.7 Å². The maximum Gasteiger partial charge on any atom is 0.472 e. The van der Waals surface area contributed by atoms with E-state index in [0.717, 1.165) is 49.5 Å². The molecule has 8 unspecified atom stereocenters. The fraction of sp³-hybridized carbons (Fsp3) is 0.839. The van der Waals surface area contributed by atoms with E-state index >= 15 is 0 Å². The number of nitrogens with zero attached hydrogens (tertiary/aromatic N) is 5. The third-order valence-corrected chi connectivity index (χ3v) is 16.8. The van der Waals surface area contributed by atoms with Crippen LogP contribution in [0.15, 0.2) is 38.0 Å². The summed E-state index contributed by atoms with van der Waals surface area (Å²) in [6, 6.07) is 0.674. The van der Waals surface area contributed by atoms with Crippen molar-refractivity contribution in [3.63, 3.8) is 0 Å². The second-order valence-corrected chi connectivity index (χ2v) is 24.8. The summed E-state index contributed by atoms with van der Waals surface area (Å²) < 4.78 is 67.9. The van der Waals surface area contributed by atoms with Crippen molar-refractivity contribution >= 4 is 27.4 Å².